The van der Waals surface area contributed by atoms with Crippen molar-refractivity contribution in [3.8, 4) is 11.5 Å². The maximum atomic E-state index is 13.3. The number of aromatic nitrogens is 1. The van der Waals surface area contributed by atoms with Crippen LogP contribution in [0.4, 0.5) is 26.3 Å². The predicted molar refractivity (Wildman–Crippen MR) is 118 cm³/mol. The van der Waals surface area contributed by atoms with E-state index in [2.05, 4.69) is 4.98 Å². The molecule has 206 valence electrons. The fourth-order valence-electron chi connectivity index (χ4n) is 4.84. The van der Waals surface area contributed by atoms with Gasteiger partial charge in [0, 0.05) is 24.7 Å². The van der Waals surface area contributed by atoms with Crippen molar-refractivity contribution in [1.29, 1.82) is 0 Å². The summed E-state index contributed by atoms with van der Waals surface area (Å²) in [5.74, 6) is -0.223. The largest absolute Gasteiger partial charge is 0.493 e. The van der Waals surface area contributed by atoms with Crippen LogP contribution in [-0.2, 0) is 21.3 Å². The number of nitrogens with zero attached hydrogens (tertiary/aromatic N) is 2. The van der Waals surface area contributed by atoms with Crippen LogP contribution < -0.4 is 9.47 Å². The number of carbonyl (C=O) groups is 1. The van der Waals surface area contributed by atoms with Crippen molar-refractivity contribution in [2.24, 2.45) is 5.41 Å². The van der Waals surface area contributed by atoms with E-state index < -0.39 is 47.6 Å². The Morgan fingerprint density at radius 2 is 1.87 bits per heavy atom. The van der Waals surface area contributed by atoms with Gasteiger partial charge in [-0.1, -0.05) is 0 Å². The molecule has 0 bridgehead atoms. The van der Waals surface area contributed by atoms with Crippen molar-refractivity contribution >= 4 is 5.91 Å². The zero-order chi connectivity index (χ0) is 27.3. The zero-order valence-electron chi connectivity index (χ0n) is 20.2. The molecule has 2 aliphatic heterocycles. The maximum Gasteiger partial charge on any atom is 0.416 e. The van der Waals surface area contributed by atoms with E-state index in [1.165, 1.54) is 30.2 Å². The van der Waals surface area contributed by atoms with Crippen molar-refractivity contribution in [2.45, 2.75) is 43.3 Å². The quantitative estimate of drug-likeness (QED) is 0.478. The number of ether oxygens (including phenoxy) is 4. The van der Waals surface area contributed by atoms with Gasteiger partial charge in [0.05, 0.1) is 24.9 Å². The van der Waals surface area contributed by atoms with E-state index in [0.717, 1.165) is 18.3 Å². The van der Waals surface area contributed by atoms with Crippen LogP contribution in [0.25, 0.3) is 0 Å². The van der Waals surface area contributed by atoms with Crippen LogP contribution in [0.1, 0.15) is 40.9 Å². The number of hydrogen-bond acceptors (Lipinski definition) is 6. The number of methoxy groups -OCH3 is 1. The Morgan fingerprint density at radius 3 is 2.53 bits per heavy atom. The van der Waals surface area contributed by atoms with Gasteiger partial charge in [0.15, 0.2) is 11.5 Å². The number of benzene rings is 1. The molecule has 3 fully saturated rings. The molecule has 13 heteroatoms. The van der Waals surface area contributed by atoms with E-state index in [1.54, 1.807) is 0 Å². The van der Waals surface area contributed by atoms with Gasteiger partial charge >= 0.3 is 12.4 Å². The van der Waals surface area contributed by atoms with Gasteiger partial charge in [0.25, 0.3) is 5.91 Å². The molecule has 1 unspecified atom stereocenters. The number of pyridine rings is 1. The number of fused-ring (bicyclic) bond motifs is 1. The number of hydrogen-bond donors (Lipinski definition) is 0. The molecule has 1 aromatic carbocycles. The Bertz CT molecular complexity index is 1220. The first-order valence-electron chi connectivity index (χ1n) is 11.8. The summed E-state index contributed by atoms with van der Waals surface area (Å²) in [6.45, 7) is -0.530. The number of rotatable bonds is 6. The standard InChI is InChI=1S/C25H24F6N2O5/c1-35-18-10-15(2-3-17(18)36-13-22(5-6-22)25(29,30)31)21(34)33-9-7-23(20(12-33)37-14-38-23)19-11-16(4-8-32-19)24(26,27)28/h2-4,8,10-11,20H,5-7,9,12-14H2,1H3/t20?,23-/m1/s1. The maximum absolute atomic E-state index is 13.3. The summed E-state index contributed by atoms with van der Waals surface area (Å²) in [5, 5.41) is 0. The van der Waals surface area contributed by atoms with Gasteiger partial charge in [-0.2, -0.15) is 26.3 Å². The highest BCUT2D eigenvalue weighted by atomic mass is 19.4. The van der Waals surface area contributed by atoms with Gasteiger partial charge in [-0.05, 0) is 43.2 Å². The van der Waals surface area contributed by atoms with Crippen molar-refractivity contribution < 1.29 is 50.1 Å². The van der Waals surface area contributed by atoms with Crippen LogP contribution in [0.15, 0.2) is 36.5 Å². The average Bonchev–Trinajstić information content (AvgIpc) is 3.57. The fourth-order valence-corrected chi connectivity index (χ4v) is 4.84. The number of alkyl halides is 6. The first-order valence-corrected chi connectivity index (χ1v) is 11.8. The minimum Gasteiger partial charge on any atom is -0.493 e. The lowest BCUT2D eigenvalue weighted by Crippen LogP contribution is -2.54. The Labute approximate surface area is 213 Å². The molecule has 1 saturated carbocycles. The lowest BCUT2D eigenvalue weighted by Gasteiger charge is -2.41. The molecule has 2 atom stereocenters. The minimum atomic E-state index is -4.55. The third-order valence-corrected chi connectivity index (χ3v) is 7.42. The molecule has 1 aliphatic carbocycles. The van der Waals surface area contributed by atoms with Gasteiger partial charge in [0.1, 0.15) is 30.5 Å². The van der Waals surface area contributed by atoms with Gasteiger partial charge < -0.3 is 23.8 Å². The minimum absolute atomic E-state index is 0.00515. The van der Waals surface area contributed by atoms with Crippen LogP contribution in [0.2, 0.25) is 0 Å². The second-order valence-corrected chi connectivity index (χ2v) is 9.67. The summed E-state index contributed by atoms with van der Waals surface area (Å²) in [4.78, 5) is 18.9. The summed E-state index contributed by atoms with van der Waals surface area (Å²) in [7, 11) is 1.31. The molecular formula is C25H24F6N2O5. The highest BCUT2D eigenvalue weighted by molar-refractivity contribution is 5.95. The third-order valence-electron chi connectivity index (χ3n) is 7.42. The molecule has 3 aliphatic rings. The van der Waals surface area contributed by atoms with Gasteiger partial charge in [0.2, 0.25) is 0 Å². The first kappa shape index (κ1) is 26.5. The molecule has 1 amide bonds. The third kappa shape index (κ3) is 4.66. The van der Waals surface area contributed by atoms with Crippen LogP contribution in [0.3, 0.4) is 0 Å². The molecule has 0 radical (unpaired) electrons. The second kappa shape index (κ2) is 9.30. The van der Waals surface area contributed by atoms with Crippen molar-refractivity contribution in [2.75, 3.05) is 33.6 Å². The Morgan fingerprint density at radius 1 is 1.11 bits per heavy atom. The first-order chi connectivity index (χ1) is 17.9. The lowest BCUT2D eigenvalue weighted by molar-refractivity contribution is -0.194. The van der Waals surface area contributed by atoms with Crippen molar-refractivity contribution in [3.63, 3.8) is 0 Å². The van der Waals surface area contributed by atoms with E-state index in [-0.39, 0.29) is 61.9 Å². The summed E-state index contributed by atoms with van der Waals surface area (Å²) in [6.07, 6.45) is -8.47. The molecular weight excluding hydrogens is 522 g/mol. The highest BCUT2D eigenvalue weighted by Gasteiger charge is 2.64. The van der Waals surface area contributed by atoms with Crippen LogP contribution in [-0.4, -0.2) is 61.7 Å². The molecule has 7 nitrogen and oxygen atoms in total. The molecule has 0 spiro atoms. The number of halogens is 6. The zero-order valence-corrected chi connectivity index (χ0v) is 20.2. The average molecular weight is 546 g/mol. The molecule has 2 aromatic rings. The molecule has 5 rings (SSSR count). The smallest absolute Gasteiger partial charge is 0.416 e. The van der Waals surface area contributed by atoms with Gasteiger partial charge in [-0.3, -0.25) is 9.78 Å². The number of amides is 1. The number of carbonyl (C=O) groups excluding carboxylic acids is 1. The van der Waals surface area contributed by atoms with Gasteiger partial charge in [-0.25, -0.2) is 0 Å². The Balaban J connectivity index is 1.30. The van der Waals surface area contributed by atoms with Crippen LogP contribution in [0.5, 0.6) is 11.5 Å². The fraction of sp³-hybridized carbons (Fsp3) is 0.520. The number of likely N-dealkylation sites (tertiary alicyclic amines) is 1. The molecule has 0 N–H and O–H groups in total. The molecule has 3 heterocycles. The summed E-state index contributed by atoms with van der Waals surface area (Å²) in [6, 6.07) is 6.00. The van der Waals surface area contributed by atoms with Crippen LogP contribution >= 0.6 is 0 Å². The van der Waals surface area contributed by atoms with E-state index in [9.17, 15) is 31.1 Å². The highest BCUT2D eigenvalue weighted by Crippen LogP contribution is 2.57. The topological polar surface area (TPSA) is 70.1 Å². The predicted octanol–water partition coefficient (Wildman–Crippen LogP) is 4.94. The molecule has 2 saturated heterocycles. The molecule has 38 heavy (non-hydrogen) atoms. The number of piperidine rings is 1. The normalized spacial score (nSPS) is 24.6. The van der Waals surface area contributed by atoms with Crippen molar-refractivity contribution in [1.82, 2.24) is 9.88 Å². The van der Waals surface area contributed by atoms with Crippen molar-refractivity contribution in [3.05, 3.63) is 53.3 Å². The summed E-state index contributed by atoms with van der Waals surface area (Å²) in [5.41, 5.74) is -3.66. The summed E-state index contributed by atoms with van der Waals surface area (Å²) < 4.78 is 102. The van der Waals surface area contributed by atoms with E-state index in [0.29, 0.717) is 0 Å². The lowest BCUT2D eigenvalue weighted by atomic mass is 9.84. The monoisotopic (exact) mass is 546 g/mol. The second-order valence-electron chi connectivity index (χ2n) is 9.67. The van der Waals surface area contributed by atoms with Crippen LogP contribution in [0, 0.1) is 5.41 Å². The SMILES string of the molecule is COc1cc(C(=O)N2CC[C@]3(c4cc(C(F)(F)F)ccn4)OCOC3C2)ccc1OCC1(C(F)(F)F)CC1. The van der Waals surface area contributed by atoms with Gasteiger partial charge in [-0.15, -0.1) is 0 Å². The van der Waals surface area contributed by atoms with E-state index in [4.69, 9.17) is 18.9 Å². The molecule has 1 aromatic heterocycles. The Kier molecular flexibility index (Phi) is 6.49. The Hall–Kier alpha value is -3.06. The van der Waals surface area contributed by atoms with E-state index in [1.807, 2.05) is 0 Å². The van der Waals surface area contributed by atoms with E-state index >= 15 is 0 Å². The summed E-state index contributed by atoms with van der Waals surface area (Å²) >= 11 is 0.